The second-order valence-electron chi connectivity index (χ2n) is 7.45. The Morgan fingerprint density at radius 3 is 2.85 bits per heavy atom. The number of benzene rings is 2. The van der Waals surface area contributed by atoms with E-state index in [0.717, 1.165) is 22.2 Å². The fourth-order valence-electron chi connectivity index (χ4n) is 3.36. The number of nitrogens with one attached hydrogen (secondary N) is 1. The summed E-state index contributed by atoms with van der Waals surface area (Å²) in [4.78, 5) is 7.78. The summed E-state index contributed by atoms with van der Waals surface area (Å²) in [5.41, 5.74) is 3.41. The highest BCUT2D eigenvalue weighted by Gasteiger charge is 2.11. The Morgan fingerprint density at radius 1 is 1.15 bits per heavy atom. The first-order valence-electron chi connectivity index (χ1n) is 10.3. The van der Waals surface area contributed by atoms with Crippen molar-refractivity contribution in [2.45, 2.75) is 18.9 Å². The van der Waals surface area contributed by atoms with Crippen molar-refractivity contribution in [2.75, 3.05) is 5.75 Å². The molecule has 0 aliphatic carbocycles. The molecule has 10 heteroatoms. The first-order chi connectivity index (χ1) is 16.1. The fourth-order valence-corrected chi connectivity index (χ4v) is 4.64. The third-order valence-electron chi connectivity index (χ3n) is 5.02. The van der Waals surface area contributed by atoms with Gasteiger partial charge in [0, 0.05) is 44.4 Å². The lowest BCUT2D eigenvalue weighted by molar-refractivity contribution is 0.301. The highest BCUT2D eigenvalue weighted by molar-refractivity contribution is 7.84. The van der Waals surface area contributed by atoms with E-state index in [-0.39, 0.29) is 6.61 Å². The number of fused-ring (bicyclic) bond motifs is 1. The number of aromatic amines is 1. The van der Waals surface area contributed by atoms with Crippen molar-refractivity contribution in [3.63, 3.8) is 0 Å². The summed E-state index contributed by atoms with van der Waals surface area (Å²) in [6, 6.07) is 15.2. The number of nitrogens with zero attached hydrogens (tertiary/aromatic N) is 4. The van der Waals surface area contributed by atoms with Crippen molar-refractivity contribution in [3.05, 3.63) is 83.5 Å². The lowest BCUT2D eigenvalue weighted by Gasteiger charge is -2.06. The van der Waals surface area contributed by atoms with Gasteiger partial charge in [0.05, 0.1) is 12.7 Å². The van der Waals surface area contributed by atoms with Crippen LogP contribution in [0.5, 0.6) is 5.75 Å². The molecule has 168 valence electrons. The molecule has 0 spiro atoms. The molecule has 1 atom stereocenters. The normalized spacial score (nSPS) is 12.3. The van der Waals surface area contributed by atoms with E-state index in [9.17, 15) is 4.21 Å². The zero-order valence-corrected chi connectivity index (χ0v) is 19.1. The molecule has 3 aromatic heterocycles. The van der Waals surface area contributed by atoms with Gasteiger partial charge in [-0.15, -0.1) is 5.10 Å². The largest absolute Gasteiger partial charge is 0.487 e. The number of rotatable bonds is 9. The second kappa shape index (κ2) is 9.60. The molecule has 2 aromatic carbocycles. The van der Waals surface area contributed by atoms with Gasteiger partial charge in [-0.2, -0.15) is 0 Å². The van der Waals surface area contributed by atoms with Crippen molar-refractivity contribution >= 4 is 33.3 Å². The van der Waals surface area contributed by atoms with E-state index in [1.54, 1.807) is 23.3 Å². The lowest BCUT2D eigenvalue weighted by atomic mass is 10.2. The molecule has 1 unspecified atom stereocenters. The van der Waals surface area contributed by atoms with Gasteiger partial charge in [-0.1, -0.05) is 28.9 Å². The molecule has 0 saturated carbocycles. The molecule has 0 radical (unpaired) electrons. The smallest absolute Gasteiger partial charge is 0.243 e. The Labute approximate surface area is 197 Å². The number of hydrogen-bond acceptors (Lipinski definition) is 6. The van der Waals surface area contributed by atoms with Gasteiger partial charge >= 0.3 is 0 Å². The van der Waals surface area contributed by atoms with Crippen molar-refractivity contribution in [2.24, 2.45) is 0 Å². The quantitative estimate of drug-likeness (QED) is 0.330. The van der Waals surface area contributed by atoms with Crippen molar-refractivity contribution in [1.29, 1.82) is 0 Å². The van der Waals surface area contributed by atoms with Crippen LogP contribution in [0.4, 0.5) is 0 Å². The average Bonchev–Trinajstić information content (AvgIpc) is 3.57. The van der Waals surface area contributed by atoms with Crippen molar-refractivity contribution in [1.82, 2.24) is 25.0 Å². The molecule has 5 aromatic rings. The van der Waals surface area contributed by atoms with E-state index in [0.29, 0.717) is 40.4 Å². The van der Waals surface area contributed by atoms with E-state index in [4.69, 9.17) is 20.8 Å². The molecule has 0 aliphatic rings. The van der Waals surface area contributed by atoms with Crippen LogP contribution < -0.4 is 4.74 Å². The standard InChI is InChI=1S/C23H20ClN5O3S/c24-18-3-6-21-17(11-18)12-22(27-21)23-26-19(14-32-23)13-31-20-4-1-16(2-5-20)15-33(30)10-9-29-8-7-25-28-29/h1-8,11-12,14,27H,9-10,13,15H2. The molecule has 33 heavy (non-hydrogen) atoms. The minimum Gasteiger partial charge on any atom is -0.487 e. The van der Waals surface area contributed by atoms with Crippen LogP contribution in [-0.4, -0.2) is 34.9 Å². The number of halogens is 1. The molecule has 0 amide bonds. The average molecular weight is 482 g/mol. The number of oxazole rings is 1. The summed E-state index contributed by atoms with van der Waals surface area (Å²) in [5.74, 6) is 2.21. The summed E-state index contributed by atoms with van der Waals surface area (Å²) in [7, 11) is -0.981. The zero-order valence-electron chi connectivity index (χ0n) is 17.5. The topological polar surface area (TPSA) is 98.8 Å². The Morgan fingerprint density at radius 2 is 2.03 bits per heavy atom. The SMILES string of the molecule is O=S(CCn1ccnn1)Cc1ccc(OCc2coc(-c3cc4cc(Cl)ccc4[nH]3)n2)cc1. The Hall–Kier alpha value is -3.43. The van der Waals surface area contributed by atoms with E-state index >= 15 is 0 Å². The van der Waals surface area contributed by atoms with Crippen LogP contribution in [0, 0.1) is 0 Å². The van der Waals surface area contributed by atoms with Gasteiger partial charge in [-0.25, -0.2) is 4.98 Å². The summed E-state index contributed by atoms with van der Waals surface area (Å²) < 4.78 is 25.4. The first kappa shape index (κ1) is 21.4. The molecular formula is C23H20ClN5O3S. The highest BCUT2D eigenvalue weighted by atomic mass is 35.5. The second-order valence-corrected chi connectivity index (χ2v) is 9.46. The van der Waals surface area contributed by atoms with Crippen LogP contribution in [0.15, 0.2) is 71.6 Å². The molecule has 0 saturated heterocycles. The third kappa shape index (κ3) is 5.32. The summed E-state index contributed by atoms with van der Waals surface area (Å²) in [5, 5.41) is 9.30. The Bertz CT molecular complexity index is 1380. The van der Waals surface area contributed by atoms with E-state index < -0.39 is 10.8 Å². The molecule has 0 aliphatic heterocycles. The highest BCUT2D eigenvalue weighted by Crippen LogP contribution is 2.26. The summed E-state index contributed by atoms with van der Waals surface area (Å²) in [6.45, 7) is 0.860. The minimum absolute atomic E-state index is 0.277. The van der Waals surface area contributed by atoms with Gasteiger partial charge in [0.1, 0.15) is 30.0 Å². The molecule has 0 bridgehead atoms. The predicted molar refractivity (Wildman–Crippen MR) is 126 cm³/mol. The minimum atomic E-state index is -0.981. The Kier molecular flexibility index (Phi) is 6.23. The molecule has 8 nitrogen and oxygen atoms in total. The van der Waals surface area contributed by atoms with Gasteiger partial charge in [0.2, 0.25) is 5.89 Å². The van der Waals surface area contributed by atoms with Gasteiger partial charge in [0.25, 0.3) is 0 Å². The fraction of sp³-hybridized carbons (Fsp3) is 0.174. The number of aryl methyl sites for hydroxylation is 1. The maximum Gasteiger partial charge on any atom is 0.243 e. The number of aromatic nitrogens is 5. The van der Waals surface area contributed by atoms with Crippen LogP contribution >= 0.6 is 11.6 Å². The molecule has 5 rings (SSSR count). The number of hydrogen-bond donors (Lipinski definition) is 1. The van der Waals surface area contributed by atoms with Crippen LogP contribution in [-0.2, 0) is 29.7 Å². The van der Waals surface area contributed by atoms with Crippen LogP contribution in [0.1, 0.15) is 11.3 Å². The predicted octanol–water partition coefficient (Wildman–Crippen LogP) is 4.60. The van der Waals surface area contributed by atoms with Crippen LogP contribution in [0.2, 0.25) is 5.02 Å². The summed E-state index contributed by atoms with van der Waals surface area (Å²) >= 11 is 6.06. The van der Waals surface area contributed by atoms with Crippen molar-refractivity contribution in [3.8, 4) is 17.3 Å². The molecule has 1 N–H and O–H groups in total. The zero-order chi connectivity index (χ0) is 22.6. The van der Waals surface area contributed by atoms with Gasteiger partial charge < -0.3 is 14.1 Å². The monoisotopic (exact) mass is 481 g/mol. The summed E-state index contributed by atoms with van der Waals surface area (Å²) in [6.07, 6.45) is 4.96. The van der Waals surface area contributed by atoms with E-state index in [2.05, 4.69) is 20.3 Å². The maximum absolute atomic E-state index is 12.3. The molecule has 3 heterocycles. The van der Waals surface area contributed by atoms with E-state index in [1.807, 2.05) is 48.5 Å². The van der Waals surface area contributed by atoms with Gasteiger partial charge in [-0.3, -0.25) is 8.89 Å². The van der Waals surface area contributed by atoms with Crippen LogP contribution in [0.3, 0.4) is 0 Å². The first-order valence-corrected chi connectivity index (χ1v) is 12.1. The van der Waals surface area contributed by atoms with E-state index in [1.165, 1.54) is 0 Å². The lowest BCUT2D eigenvalue weighted by Crippen LogP contribution is -2.09. The van der Waals surface area contributed by atoms with Crippen molar-refractivity contribution < 1.29 is 13.4 Å². The third-order valence-corrected chi connectivity index (χ3v) is 6.55. The number of H-pyrrole nitrogens is 1. The Balaban J connectivity index is 1.14. The van der Waals surface area contributed by atoms with Gasteiger partial charge in [-0.05, 0) is 42.0 Å². The molecular weight excluding hydrogens is 462 g/mol. The van der Waals surface area contributed by atoms with Crippen LogP contribution in [0.25, 0.3) is 22.5 Å². The molecule has 0 fully saturated rings. The van der Waals surface area contributed by atoms with Gasteiger partial charge in [0.15, 0.2) is 0 Å². The maximum atomic E-state index is 12.3. The number of ether oxygens (including phenoxy) is 1.